The highest BCUT2D eigenvalue weighted by molar-refractivity contribution is 5.91. The van der Waals surface area contributed by atoms with Crippen LogP contribution < -0.4 is 15.0 Å². The summed E-state index contributed by atoms with van der Waals surface area (Å²) in [5.74, 6) is 2.60. The van der Waals surface area contributed by atoms with Gasteiger partial charge in [-0.3, -0.25) is 4.79 Å². The summed E-state index contributed by atoms with van der Waals surface area (Å²) in [7, 11) is 0. The second-order valence-corrected chi connectivity index (χ2v) is 6.53. The fraction of sp³-hybridized carbons (Fsp3) is 0.421. The van der Waals surface area contributed by atoms with E-state index in [1.54, 1.807) is 0 Å². The van der Waals surface area contributed by atoms with E-state index in [0.29, 0.717) is 11.6 Å². The van der Waals surface area contributed by atoms with Crippen molar-refractivity contribution in [2.24, 2.45) is 5.92 Å². The third-order valence-electron chi connectivity index (χ3n) is 4.48. The first-order valence-corrected chi connectivity index (χ1v) is 8.67. The Hall–Kier alpha value is -2.63. The van der Waals surface area contributed by atoms with Crippen molar-refractivity contribution in [3.63, 3.8) is 0 Å². The van der Waals surface area contributed by atoms with Gasteiger partial charge in [0.25, 0.3) is 5.91 Å². The molecule has 0 saturated carbocycles. The Morgan fingerprint density at radius 2 is 2.04 bits per heavy atom. The highest BCUT2D eigenvalue weighted by Gasteiger charge is 2.17. The molecule has 1 aliphatic heterocycles. The summed E-state index contributed by atoms with van der Waals surface area (Å²) in [5, 5.41) is 2.78. The predicted molar refractivity (Wildman–Crippen MR) is 97.9 cm³/mol. The topological polar surface area (TPSA) is 67.3 Å². The van der Waals surface area contributed by atoms with Gasteiger partial charge in [-0.2, -0.15) is 0 Å². The van der Waals surface area contributed by atoms with Crippen molar-refractivity contribution in [2.75, 3.05) is 29.9 Å². The average molecular weight is 340 g/mol. The number of carbonyl (C=O) groups is 1. The third-order valence-corrected chi connectivity index (χ3v) is 4.48. The number of nitrogens with zero attached hydrogens (tertiary/aromatic N) is 3. The number of aryl methyl sites for hydroxylation is 1. The number of rotatable bonds is 5. The number of hydrogen-bond acceptors (Lipinski definition) is 5. The highest BCUT2D eigenvalue weighted by Crippen LogP contribution is 2.22. The van der Waals surface area contributed by atoms with E-state index >= 15 is 0 Å². The SMILES string of the molecule is Cc1ccccc1OCC(=O)Nc1cc(N2CCC(C)CC2)ncn1. The van der Waals surface area contributed by atoms with Gasteiger partial charge in [0, 0.05) is 19.2 Å². The van der Waals surface area contributed by atoms with Gasteiger partial charge in [0.1, 0.15) is 23.7 Å². The van der Waals surface area contributed by atoms with Gasteiger partial charge < -0.3 is 15.0 Å². The van der Waals surface area contributed by atoms with Crippen molar-refractivity contribution < 1.29 is 9.53 Å². The fourth-order valence-corrected chi connectivity index (χ4v) is 2.87. The number of nitrogens with one attached hydrogen (secondary N) is 1. The van der Waals surface area contributed by atoms with E-state index in [2.05, 4.69) is 27.1 Å². The Morgan fingerprint density at radius 1 is 1.28 bits per heavy atom. The Bertz CT molecular complexity index is 727. The quantitative estimate of drug-likeness (QED) is 0.906. The first-order chi connectivity index (χ1) is 12.1. The molecule has 6 heteroatoms. The van der Waals surface area contributed by atoms with Crippen LogP contribution in [0.1, 0.15) is 25.3 Å². The molecule has 0 radical (unpaired) electrons. The van der Waals surface area contributed by atoms with E-state index in [9.17, 15) is 4.79 Å². The Labute approximate surface area is 148 Å². The molecular weight excluding hydrogens is 316 g/mol. The molecule has 0 bridgehead atoms. The molecule has 1 fully saturated rings. The molecule has 1 amide bonds. The fourth-order valence-electron chi connectivity index (χ4n) is 2.87. The molecule has 1 N–H and O–H groups in total. The molecular formula is C19H24N4O2. The normalized spacial score (nSPS) is 15.0. The van der Waals surface area contributed by atoms with Crippen LogP contribution in [0, 0.1) is 12.8 Å². The monoisotopic (exact) mass is 340 g/mol. The molecule has 1 saturated heterocycles. The lowest BCUT2D eigenvalue weighted by atomic mass is 9.99. The summed E-state index contributed by atoms with van der Waals surface area (Å²) in [5.41, 5.74) is 0.999. The van der Waals surface area contributed by atoms with E-state index < -0.39 is 0 Å². The molecule has 1 aromatic heterocycles. The molecule has 0 aliphatic carbocycles. The molecule has 2 heterocycles. The van der Waals surface area contributed by atoms with Crippen LogP contribution in [0.2, 0.25) is 0 Å². The molecule has 25 heavy (non-hydrogen) atoms. The molecule has 0 unspecified atom stereocenters. The van der Waals surface area contributed by atoms with Crippen molar-refractivity contribution in [2.45, 2.75) is 26.7 Å². The van der Waals surface area contributed by atoms with Crippen LogP contribution in [0.25, 0.3) is 0 Å². The van der Waals surface area contributed by atoms with Crippen molar-refractivity contribution in [1.29, 1.82) is 0 Å². The summed E-state index contributed by atoms with van der Waals surface area (Å²) in [6.45, 7) is 6.15. The maximum atomic E-state index is 12.1. The van der Waals surface area contributed by atoms with Crippen LogP contribution in [-0.4, -0.2) is 35.6 Å². The maximum absolute atomic E-state index is 12.1. The van der Waals surface area contributed by atoms with Gasteiger partial charge in [-0.25, -0.2) is 9.97 Å². The lowest BCUT2D eigenvalue weighted by Gasteiger charge is -2.31. The second kappa shape index (κ2) is 7.96. The van der Waals surface area contributed by atoms with Crippen molar-refractivity contribution >= 4 is 17.5 Å². The minimum atomic E-state index is -0.236. The highest BCUT2D eigenvalue weighted by atomic mass is 16.5. The summed E-state index contributed by atoms with van der Waals surface area (Å²) in [6, 6.07) is 9.44. The van der Waals surface area contributed by atoms with Gasteiger partial charge in [-0.05, 0) is 37.3 Å². The zero-order valence-electron chi connectivity index (χ0n) is 14.7. The number of carbonyl (C=O) groups excluding carboxylic acids is 1. The Kier molecular flexibility index (Phi) is 5.48. The van der Waals surface area contributed by atoms with Crippen molar-refractivity contribution in [3.8, 4) is 5.75 Å². The molecule has 0 atom stereocenters. The summed E-state index contributed by atoms with van der Waals surface area (Å²) in [4.78, 5) is 22.8. The smallest absolute Gasteiger partial charge is 0.263 e. The standard InChI is InChI=1S/C19H24N4O2/c1-14-7-9-23(10-8-14)18-11-17(20-13-21-18)22-19(24)12-25-16-6-4-3-5-15(16)2/h3-6,11,13-14H,7-10,12H2,1-2H3,(H,20,21,22,24). The van der Waals surface area contributed by atoms with Gasteiger partial charge in [0.05, 0.1) is 0 Å². The second-order valence-electron chi connectivity index (χ2n) is 6.53. The third kappa shape index (κ3) is 4.68. The van der Waals surface area contributed by atoms with E-state index in [0.717, 1.165) is 43.2 Å². The minimum absolute atomic E-state index is 0.0502. The minimum Gasteiger partial charge on any atom is -0.483 e. The molecule has 132 valence electrons. The van der Waals surface area contributed by atoms with Crippen LogP contribution in [-0.2, 0) is 4.79 Å². The number of aromatic nitrogens is 2. The molecule has 2 aromatic rings. The molecule has 6 nitrogen and oxygen atoms in total. The Balaban J connectivity index is 1.56. The number of piperidine rings is 1. The van der Waals surface area contributed by atoms with E-state index in [-0.39, 0.29) is 12.5 Å². The van der Waals surface area contributed by atoms with E-state index in [1.807, 2.05) is 37.3 Å². The van der Waals surface area contributed by atoms with Gasteiger partial charge >= 0.3 is 0 Å². The molecule has 1 aromatic carbocycles. The number of anilines is 2. The number of benzene rings is 1. The first kappa shape index (κ1) is 17.2. The van der Waals surface area contributed by atoms with Crippen LogP contribution in [0.4, 0.5) is 11.6 Å². The van der Waals surface area contributed by atoms with Gasteiger partial charge in [-0.1, -0.05) is 25.1 Å². The van der Waals surface area contributed by atoms with Gasteiger partial charge in [0.2, 0.25) is 0 Å². The van der Waals surface area contributed by atoms with Crippen LogP contribution >= 0.6 is 0 Å². The number of ether oxygens (including phenoxy) is 1. The molecule has 3 rings (SSSR count). The lowest BCUT2D eigenvalue weighted by molar-refractivity contribution is -0.118. The summed E-state index contributed by atoms with van der Waals surface area (Å²) in [6.07, 6.45) is 3.82. The number of amides is 1. The van der Waals surface area contributed by atoms with Crippen LogP contribution in [0.5, 0.6) is 5.75 Å². The molecule has 0 spiro atoms. The first-order valence-electron chi connectivity index (χ1n) is 8.67. The maximum Gasteiger partial charge on any atom is 0.263 e. The Morgan fingerprint density at radius 3 is 2.80 bits per heavy atom. The summed E-state index contributed by atoms with van der Waals surface area (Å²) >= 11 is 0. The average Bonchev–Trinajstić information content (AvgIpc) is 2.62. The largest absolute Gasteiger partial charge is 0.483 e. The van der Waals surface area contributed by atoms with Crippen LogP contribution in [0.15, 0.2) is 36.7 Å². The van der Waals surface area contributed by atoms with E-state index in [4.69, 9.17) is 4.74 Å². The van der Waals surface area contributed by atoms with Crippen LogP contribution in [0.3, 0.4) is 0 Å². The van der Waals surface area contributed by atoms with E-state index in [1.165, 1.54) is 6.33 Å². The summed E-state index contributed by atoms with van der Waals surface area (Å²) < 4.78 is 5.56. The predicted octanol–water partition coefficient (Wildman–Crippen LogP) is 3.04. The number of para-hydroxylation sites is 1. The van der Waals surface area contributed by atoms with Crippen molar-refractivity contribution in [1.82, 2.24) is 9.97 Å². The zero-order chi connectivity index (χ0) is 17.6. The number of hydrogen-bond donors (Lipinski definition) is 1. The van der Waals surface area contributed by atoms with Gasteiger partial charge in [0.15, 0.2) is 6.61 Å². The van der Waals surface area contributed by atoms with Crippen molar-refractivity contribution in [3.05, 3.63) is 42.2 Å². The molecule has 1 aliphatic rings. The zero-order valence-corrected chi connectivity index (χ0v) is 14.7. The lowest BCUT2D eigenvalue weighted by Crippen LogP contribution is -2.33. The van der Waals surface area contributed by atoms with Gasteiger partial charge in [-0.15, -0.1) is 0 Å².